The number of aryl methyl sites for hydroxylation is 1. The van der Waals surface area contributed by atoms with Gasteiger partial charge in [0.25, 0.3) is 0 Å². The molecule has 6 amide bonds. The third-order valence-electron chi connectivity index (χ3n) is 11.6. The fourth-order valence-electron chi connectivity index (χ4n) is 7.80. The molecule has 3 aromatic carbocycles. The Bertz CT molecular complexity index is 2800. The summed E-state index contributed by atoms with van der Waals surface area (Å²) in [7, 11) is 0. The molecule has 23 heteroatoms. The van der Waals surface area contributed by atoms with Gasteiger partial charge in [-0.05, 0) is 68.5 Å². The van der Waals surface area contributed by atoms with E-state index < -0.39 is 83.8 Å². The molecule has 72 heavy (non-hydrogen) atoms. The van der Waals surface area contributed by atoms with Gasteiger partial charge in [0.1, 0.15) is 30.2 Å². The fourth-order valence-corrected chi connectivity index (χ4v) is 7.80. The molecule has 0 aliphatic heterocycles. The number of aromatic amines is 3. The van der Waals surface area contributed by atoms with Crippen LogP contribution in [0.2, 0.25) is 0 Å². The van der Waals surface area contributed by atoms with E-state index in [1.54, 1.807) is 36.7 Å². The topological polar surface area (TPSA) is 338 Å². The van der Waals surface area contributed by atoms with Crippen LogP contribution in [0.4, 0.5) is 13.2 Å². The van der Waals surface area contributed by atoms with E-state index in [1.165, 1.54) is 13.3 Å². The second kappa shape index (κ2) is 25.7. The molecule has 6 aromatic rings. The van der Waals surface area contributed by atoms with Crippen molar-refractivity contribution in [3.05, 3.63) is 126 Å². The first kappa shape index (κ1) is 54.9. The van der Waals surface area contributed by atoms with Crippen LogP contribution in [0.25, 0.3) is 21.8 Å². The van der Waals surface area contributed by atoms with Crippen LogP contribution in [0.15, 0.2) is 97.6 Å². The standard InChI is InChI=1S/C47H58N12O6.C2HF3O2/c1-27-34(33-15-7-9-17-37(33)54-27)23-41(58-44(62)35(49)22-31-25-51-26-53-31)45(63)55-28(2)43(61)57-40(21-30-24-52-36-16-8-6-14-32(30)36)47(65)59-39(20-29-12-4-3-5-13-29)46(64)56-38(42(50)60)18-10-11-19-48;3-2(4,5)1(6)7/h3-9,12-17,24-26,28,35,38-41,52,54H,10-11,18-23,48-49H2,1-2H3,(H2,50,60)(H,51,53)(H,55,63)(H,56,64)(H,57,61)(H,58,62)(H,59,65);(H,6,7)/t28-,35-,38-,39+,40-,41+;/m0./s1. The molecule has 3 aromatic heterocycles. The Balaban J connectivity index is 0.00000128. The largest absolute Gasteiger partial charge is 0.490 e. The molecule has 0 fully saturated rings. The highest BCUT2D eigenvalue weighted by Crippen LogP contribution is 2.24. The Kier molecular flexibility index (Phi) is 19.6. The summed E-state index contributed by atoms with van der Waals surface area (Å²) in [5, 5.41) is 22.7. The van der Waals surface area contributed by atoms with Crippen molar-refractivity contribution < 1.29 is 51.8 Å². The van der Waals surface area contributed by atoms with Crippen molar-refractivity contribution in [1.82, 2.24) is 46.5 Å². The number of hydrogen-bond acceptors (Lipinski definition) is 10. The highest BCUT2D eigenvalue weighted by molar-refractivity contribution is 5.97. The fraction of sp³-hybridized carbons (Fsp3) is 0.347. The van der Waals surface area contributed by atoms with Gasteiger partial charge >= 0.3 is 12.1 Å². The van der Waals surface area contributed by atoms with Gasteiger partial charge in [0.15, 0.2) is 0 Å². The van der Waals surface area contributed by atoms with Crippen molar-refractivity contribution in [2.45, 2.75) is 101 Å². The van der Waals surface area contributed by atoms with Crippen LogP contribution in [0.3, 0.4) is 0 Å². The summed E-state index contributed by atoms with van der Waals surface area (Å²) < 4.78 is 31.7. The zero-order valence-corrected chi connectivity index (χ0v) is 39.5. The van der Waals surface area contributed by atoms with Gasteiger partial charge in [0.2, 0.25) is 35.4 Å². The maximum absolute atomic E-state index is 14.5. The zero-order chi connectivity index (χ0) is 52.5. The van der Waals surface area contributed by atoms with Crippen LogP contribution in [0.1, 0.15) is 54.3 Å². The van der Waals surface area contributed by atoms with Crippen LogP contribution in [-0.4, -0.2) is 115 Å². The molecule has 0 radical (unpaired) electrons. The molecule has 6 atom stereocenters. The van der Waals surface area contributed by atoms with E-state index in [-0.39, 0.29) is 32.1 Å². The molecule has 20 nitrogen and oxygen atoms in total. The van der Waals surface area contributed by atoms with Crippen molar-refractivity contribution in [2.75, 3.05) is 6.54 Å². The summed E-state index contributed by atoms with van der Waals surface area (Å²) >= 11 is 0. The second-order valence-electron chi connectivity index (χ2n) is 17.1. The summed E-state index contributed by atoms with van der Waals surface area (Å²) in [5.41, 5.74) is 22.9. The average molecular weight is 1000 g/mol. The van der Waals surface area contributed by atoms with Crippen molar-refractivity contribution in [1.29, 1.82) is 0 Å². The minimum absolute atomic E-state index is 0.00231. The number of carboxylic acid groups (broad SMARTS) is 1. The summed E-state index contributed by atoms with van der Waals surface area (Å²) in [6.45, 7) is 3.74. The number of aromatic nitrogens is 4. The number of para-hydroxylation sites is 2. The van der Waals surface area contributed by atoms with Gasteiger partial charge in [-0.15, -0.1) is 0 Å². The number of aliphatic carboxylic acids is 1. The number of nitrogens with two attached hydrogens (primary N) is 3. The summed E-state index contributed by atoms with van der Waals surface area (Å²) in [5.74, 6) is -6.77. The van der Waals surface area contributed by atoms with Crippen LogP contribution in [0, 0.1) is 6.92 Å². The second-order valence-corrected chi connectivity index (χ2v) is 17.1. The molecule has 0 bridgehead atoms. The SMILES string of the molecule is Cc1[nH]c2ccccc2c1C[C@@H](NC(=O)[C@@H](N)Cc1cnc[nH]1)C(=O)N[C@@H](C)C(=O)N[C@@H](Cc1c[nH]c2ccccc12)C(=O)N[C@H](Cc1ccccc1)C(=O)N[C@@H](CCCCN)C(N)=O.O=C(O)C(F)(F)F. The van der Waals surface area contributed by atoms with Crippen molar-refractivity contribution in [3.8, 4) is 0 Å². The Hall–Kier alpha value is -8.05. The number of nitrogens with zero attached hydrogens (tertiary/aromatic N) is 1. The molecular formula is C49H59F3N12O8. The molecule has 0 saturated carbocycles. The number of H-pyrrole nitrogens is 3. The van der Waals surface area contributed by atoms with Crippen LogP contribution < -0.4 is 43.8 Å². The van der Waals surface area contributed by atoms with Gasteiger partial charge in [-0.1, -0.05) is 66.7 Å². The van der Waals surface area contributed by atoms with Gasteiger partial charge in [0, 0.05) is 71.3 Å². The number of primary amides is 1. The molecule has 0 saturated heterocycles. The van der Waals surface area contributed by atoms with E-state index in [1.807, 2.05) is 61.5 Å². The predicted octanol–water partition coefficient (Wildman–Crippen LogP) is 1.97. The van der Waals surface area contributed by atoms with E-state index in [9.17, 15) is 41.9 Å². The quantitative estimate of drug-likeness (QED) is 0.0412. The lowest BCUT2D eigenvalue weighted by Gasteiger charge is -2.26. The Labute approximate surface area is 411 Å². The lowest BCUT2D eigenvalue weighted by molar-refractivity contribution is -0.192. The van der Waals surface area contributed by atoms with E-state index >= 15 is 0 Å². The lowest BCUT2D eigenvalue weighted by atomic mass is 10.0. The monoisotopic (exact) mass is 1000 g/mol. The number of carbonyl (C=O) groups is 7. The number of carboxylic acids is 1. The number of benzene rings is 3. The van der Waals surface area contributed by atoms with Crippen molar-refractivity contribution >= 4 is 63.2 Å². The molecule has 0 spiro atoms. The third kappa shape index (κ3) is 15.7. The average Bonchev–Trinajstić information content (AvgIpc) is 4.09. The van der Waals surface area contributed by atoms with Gasteiger partial charge in [-0.25, -0.2) is 9.78 Å². The maximum Gasteiger partial charge on any atom is 0.490 e. The predicted molar refractivity (Wildman–Crippen MR) is 260 cm³/mol. The summed E-state index contributed by atoms with van der Waals surface area (Å²) in [6.07, 6.45) is 1.38. The summed E-state index contributed by atoms with van der Waals surface area (Å²) in [4.78, 5) is 105. The Morgan fingerprint density at radius 2 is 1.24 bits per heavy atom. The van der Waals surface area contributed by atoms with E-state index in [0.29, 0.717) is 30.6 Å². The number of fused-ring (bicyclic) bond motifs is 2. The van der Waals surface area contributed by atoms with Gasteiger partial charge < -0.3 is 63.8 Å². The molecule has 0 aliphatic carbocycles. The lowest BCUT2D eigenvalue weighted by Crippen LogP contribution is -2.59. The van der Waals surface area contributed by atoms with E-state index in [4.69, 9.17) is 27.1 Å². The van der Waals surface area contributed by atoms with Crippen LogP contribution in [-0.2, 0) is 59.2 Å². The number of nitrogens with one attached hydrogen (secondary N) is 8. The van der Waals surface area contributed by atoms with Gasteiger partial charge in [-0.2, -0.15) is 13.2 Å². The normalized spacial score (nSPS) is 13.8. The summed E-state index contributed by atoms with van der Waals surface area (Å²) in [6, 6.07) is 17.3. The third-order valence-corrected chi connectivity index (χ3v) is 11.6. The molecule has 384 valence electrons. The first-order chi connectivity index (χ1) is 34.2. The molecule has 15 N–H and O–H groups in total. The van der Waals surface area contributed by atoms with Gasteiger partial charge in [0.05, 0.1) is 12.4 Å². The first-order valence-electron chi connectivity index (χ1n) is 22.9. The highest BCUT2D eigenvalue weighted by Gasteiger charge is 2.38. The highest BCUT2D eigenvalue weighted by atomic mass is 19.4. The van der Waals surface area contributed by atoms with E-state index in [2.05, 4.69) is 46.5 Å². The molecule has 0 aliphatic rings. The molecule has 3 heterocycles. The number of alkyl halides is 3. The molecule has 6 rings (SSSR count). The smallest absolute Gasteiger partial charge is 0.475 e. The number of unbranched alkanes of at least 4 members (excludes halogenated alkanes) is 1. The number of hydrogen-bond donors (Lipinski definition) is 12. The van der Waals surface area contributed by atoms with Crippen LogP contribution in [0.5, 0.6) is 0 Å². The zero-order valence-electron chi connectivity index (χ0n) is 39.5. The van der Waals surface area contributed by atoms with E-state index in [0.717, 1.165) is 38.6 Å². The number of imidazole rings is 1. The number of carbonyl (C=O) groups excluding carboxylic acids is 6. The number of rotatable bonds is 23. The minimum Gasteiger partial charge on any atom is -0.475 e. The van der Waals surface area contributed by atoms with Crippen molar-refractivity contribution in [3.63, 3.8) is 0 Å². The Morgan fingerprint density at radius 1 is 0.681 bits per heavy atom. The van der Waals surface area contributed by atoms with Gasteiger partial charge in [-0.3, -0.25) is 28.8 Å². The van der Waals surface area contributed by atoms with Crippen molar-refractivity contribution in [2.24, 2.45) is 17.2 Å². The Morgan fingerprint density at radius 3 is 1.86 bits per heavy atom. The molecule has 0 unspecified atom stereocenters. The number of halogens is 3. The molecular weight excluding hydrogens is 942 g/mol. The first-order valence-corrected chi connectivity index (χ1v) is 22.9. The number of amides is 6. The minimum atomic E-state index is -5.08. The maximum atomic E-state index is 14.5. The van der Waals surface area contributed by atoms with Crippen LogP contribution >= 0.6 is 0 Å².